The van der Waals surface area contributed by atoms with Gasteiger partial charge in [0.2, 0.25) is 5.91 Å². The third-order valence-electron chi connectivity index (χ3n) is 3.74. The SMILES string of the molecule is Cc1c(NC(=O)C2CCCCC2)cccc1[N+](=O)[O-]. The van der Waals surface area contributed by atoms with E-state index in [2.05, 4.69) is 5.32 Å². The largest absolute Gasteiger partial charge is 0.325 e. The van der Waals surface area contributed by atoms with Crippen LogP contribution in [-0.4, -0.2) is 10.8 Å². The van der Waals surface area contributed by atoms with Crippen molar-refractivity contribution in [2.45, 2.75) is 39.0 Å². The molecular weight excluding hydrogens is 244 g/mol. The lowest BCUT2D eigenvalue weighted by Crippen LogP contribution is -2.25. The highest BCUT2D eigenvalue weighted by molar-refractivity contribution is 5.93. The van der Waals surface area contributed by atoms with Gasteiger partial charge in [-0.25, -0.2) is 0 Å². The number of hydrogen-bond donors (Lipinski definition) is 1. The molecule has 5 nitrogen and oxygen atoms in total. The number of nitrogens with zero attached hydrogens (tertiary/aromatic N) is 1. The van der Waals surface area contributed by atoms with E-state index >= 15 is 0 Å². The van der Waals surface area contributed by atoms with E-state index in [-0.39, 0.29) is 17.5 Å². The van der Waals surface area contributed by atoms with Crippen LogP contribution < -0.4 is 5.32 Å². The molecule has 0 atom stereocenters. The zero-order chi connectivity index (χ0) is 13.8. The van der Waals surface area contributed by atoms with E-state index in [4.69, 9.17) is 0 Å². The number of benzene rings is 1. The molecule has 1 N–H and O–H groups in total. The van der Waals surface area contributed by atoms with Crippen molar-refractivity contribution >= 4 is 17.3 Å². The van der Waals surface area contributed by atoms with Gasteiger partial charge >= 0.3 is 0 Å². The molecule has 102 valence electrons. The number of anilines is 1. The summed E-state index contributed by atoms with van der Waals surface area (Å²) in [6.45, 7) is 1.66. The van der Waals surface area contributed by atoms with E-state index in [0.29, 0.717) is 11.3 Å². The molecule has 1 aromatic rings. The average molecular weight is 262 g/mol. The lowest BCUT2D eigenvalue weighted by atomic mass is 9.88. The summed E-state index contributed by atoms with van der Waals surface area (Å²) >= 11 is 0. The maximum Gasteiger partial charge on any atom is 0.274 e. The number of carbonyl (C=O) groups is 1. The van der Waals surface area contributed by atoms with Crippen molar-refractivity contribution in [3.05, 3.63) is 33.9 Å². The second-order valence-electron chi connectivity index (χ2n) is 5.03. The minimum atomic E-state index is -0.425. The normalized spacial score (nSPS) is 16.1. The summed E-state index contributed by atoms with van der Waals surface area (Å²) in [5, 5.41) is 13.7. The summed E-state index contributed by atoms with van der Waals surface area (Å²) in [5.74, 6) is 0.0377. The van der Waals surface area contributed by atoms with Gasteiger partial charge in [0.25, 0.3) is 5.69 Å². The van der Waals surface area contributed by atoms with Crippen LogP contribution in [0, 0.1) is 23.0 Å². The maximum atomic E-state index is 12.1. The molecule has 0 heterocycles. The minimum absolute atomic E-state index is 0.0108. The van der Waals surface area contributed by atoms with Crippen LogP contribution in [0.15, 0.2) is 18.2 Å². The first-order chi connectivity index (χ1) is 9.09. The summed E-state index contributed by atoms with van der Waals surface area (Å²) < 4.78 is 0. The van der Waals surface area contributed by atoms with Gasteiger partial charge < -0.3 is 5.32 Å². The van der Waals surface area contributed by atoms with Crippen molar-refractivity contribution in [1.29, 1.82) is 0 Å². The van der Waals surface area contributed by atoms with E-state index in [0.717, 1.165) is 25.7 Å². The van der Waals surface area contributed by atoms with E-state index in [1.54, 1.807) is 19.1 Å². The fraction of sp³-hybridized carbons (Fsp3) is 0.500. The molecule has 1 fully saturated rings. The first-order valence-electron chi connectivity index (χ1n) is 6.64. The quantitative estimate of drug-likeness (QED) is 0.670. The zero-order valence-electron chi connectivity index (χ0n) is 11.0. The molecule has 0 aliphatic heterocycles. The van der Waals surface area contributed by atoms with Crippen molar-refractivity contribution in [3.8, 4) is 0 Å². The van der Waals surface area contributed by atoms with Crippen LogP contribution in [0.4, 0.5) is 11.4 Å². The number of rotatable bonds is 3. The van der Waals surface area contributed by atoms with Crippen molar-refractivity contribution in [1.82, 2.24) is 0 Å². The number of nitrogens with one attached hydrogen (secondary N) is 1. The highest BCUT2D eigenvalue weighted by atomic mass is 16.6. The third-order valence-corrected chi connectivity index (χ3v) is 3.74. The molecular formula is C14H18N2O3. The Morgan fingerprint density at radius 2 is 2.00 bits per heavy atom. The van der Waals surface area contributed by atoms with Crippen molar-refractivity contribution in [2.75, 3.05) is 5.32 Å². The molecule has 0 bridgehead atoms. The van der Waals surface area contributed by atoms with E-state index in [9.17, 15) is 14.9 Å². The summed E-state index contributed by atoms with van der Waals surface area (Å²) in [7, 11) is 0. The van der Waals surface area contributed by atoms with Gasteiger partial charge in [0.15, 0.2) is 0 Å². The Kier molecular flexibility index (Phi) is 4.14. The lowest BCUT2D eigenvalue weighted by Gasteiger charge is -2.21. The Labute approximate surface area is 112 Å². The number of nitro groups is 1. The number of carbonyl (C=O) groups excluding carboxylic acids is 1. The summed E-state index contributed by atoms with van der Waals surface area (Å²) in [6, 6.07) is 4.76. The van der Waals surface area contributed by atoms with Gasteiger partial charge in [-0.15, -0.1) is 0 Å². The molecule has 1 aliphatic carbocycles. The van der Waals surface area contributed by atoms with Gasteiger partial charge in [-0.05, 0) is 25.8 Å². The Bertz CT molecular complexity index is 493. The molecule has 0 unspecified atom stereocenters. The van der Waals surface area contributed by atoms with Crippen molar-refractivity contribution < 1.29 is 9.72 Å². The van der Waals surface area contributed by atoms with Crippen molar-refractivity contribution in [3.63, 3.8) is 0 Å². The average Bonchev–Trinajstić information content (AvgIpc) is 2.41. The van der Waals surface area contributed by atoms with Gasteiger partial charge in [0.1, 0.15) is 0 Å². The molecule has 19 heavy (non-hydrogen) atoms. The topological polar surface area (TPSA) is 72.2 Å². The van der Waals surface area contributed by atoms with Gasteiger partial charge in [0, 0.05) is 12.0 Å². The summed E-state index contributed by atoms with van der Waals surface area (Å²) in [6.07, 6.45) is 5.21. The van der Waals surface area contributed by atoms with E-state index in [1.165, 1.54) is 12.5 Å². The summed E-state index contributed by atoms with van der Waals surface area (Å²) in [5.41, 5.74) is 1.10. The first-order valence-corrected chi connectivity index (χ1v) is 6.64. The maximum absolute atomic E-state index is 12.1. The Balaban J connectivity index is 2.12. The third kappa shape index (κ3) is 3.10. The molecule has 1 aliphatic rings. The second kappa shape index (κ2) is 5.82. The van der Waals surface area contributed by atoms with Gasteiger partial charge in [-0.2, -0.15) is 0 Å². The molecule has 0 aromatic heterocycles. The Morgan fingerprint density at radius 1 is 1.32 bits per heavy atom. The molecule has 5 heteroatoms. The molecule has 1 amide bonds. The molecule has 0 saturated heterocycles. The summed E-state index contributed by atoms with van der Waals surface area (Å²) in [4.78, 5) is 22.5. The van der Waals surface area contributed by atoms with Crippen molar-refractivity contribution in [2.24, 2.45) is 5.92 Å². The van der Waals surface area contributed by atoms with Crippen LogP contribution in [0.2, 0.25) is 0 Å². The van der Waals surface area contributed by atoms with Gasteiger partial charge in [-0.1, -0.05) is 25.3 Å². The Morgan fingerprint density at radius 3 is 2.63 bits per heavy atom. The predicted octanol–water partition coefficient (Wildman–Crippen LogP) is 3.42. The van der Waals surface area contributed by atoms with E-state index in [1.807, 2.05) is 0 Å². The Hall–Kier alpha value is -1.91. The number of amides is 1. The minimum Gasteiger partial charge on any atom is -0.325 e. The lowest BCUT2D eigenvalue weighted by molar-refractivity contribution is -0.385. The van der Waals surface area contributed by atoms with Crippen LogP contribution in [0.5, 0.6) is 0 Å². The zero-order valence-corrected chi connectivity index (χ0v) is 11.0. The molecule has 0 radical (unpaired) electrons. The fourth-order valence-electron chi connectivity index (χ4n) is 2.56. The van der Waals surface area contributed by atoms with Crippen LogP contribution in [-0.2, 0) is 4.79 Å². The monoisotopic (exact) mass is 262 g/mol. The van der Waals surface area contributed by atoms with Crippen LogP contribution in [0.1, 0.15) is 37.7 Å². The number of nitro benzene ring substituents is 1. The smallest absolute Gasteiger partial charge is 0.274 e. The number of hydrogen-bond acceptors (Lipinski definition) is 3. The van der Waals surface area contributed by atoms with Crippen LogP contribution in [0.3, 0.4) is 0 Å². The van der Waals surface area contributed by atoms with Gasteiger partial charge in [-0.3, -0.25) is 14.9 Å². The highest BCUT2D eigenvalue weighted by Gasteiger charge is 2.22. The standard InChI is InChI=1S/C14H18N2O3/c1-10-12(8-5-9-13(10)16(18)19)15-14(17)11-6-3-2-4-7-11/h5,8-9,11H,2-4,6-7H2,1H3,(H,15,17). The molecule has 1 saturated carbocycles. The second-order valence-corrected chi connectivity index (χ2v) is 5.03. The van der Waals surface area contributed by atoms with Crippen LogP contribution >= 0.6 is 0 Å². The molecule has 2 rings (SSSR count). The van der Waals surface area contributed by atoms with Crippen LogP contribution in [0.25, 0.3) is 0 Å². The fourth-order valence-corrected chi connectivity index (χ4v) is 2.56. The first kappa shape index (κ1) is 13.5. The molecule has 1 aromatic carbocycles. The van der Waals surface area contributed by atoms with E-state index < -0.39 is 4.92 Å². The molecule has 0 spiro atoms. The highest BCUT2D eigenvalue weighted by Crippen LogP contribution is 2.28. The van der Waals surface area contributed by atoms with Gasteiger partial charge in [0.05, 0.1) is 16.2 Å². The predicted molar refractivity (Wildman–Crippen MR) is 73.0 cm³/mol.